The van der Waals surface area contributed by atoms with Gasteiger partial charge in [-0.25, -0.2) is 23.0 Å². The summed E-state index contributed by atoms with van der Waals surface area (Å²) in [5.74, 6) is 0. The normalized spacial score (nSPS) is 17.0. The Kier molecular flexibility index (Phi) is 4.06. The first-order valence-corrected chi connectivity index (χ1v) is 9.24. The predicted octanol–water partition coefficient (Wildman–Crippen LogP) is 1.24. The van der Waals surface area contributed by atoms with Crippen molar-refractivity contribution >= 4 is 21.1 Å². The number of ether oxygens (including phenoxy) is 1. The molecule has 0 spiro atoms. The quantitative estimate of drug-likeness (QED) is 0.682. The molecule has 25 heavy (non-hydrogen) atoms. The maximum atomic E-state index is 12.9. The fraction of sp³-hybridized carbons (Fsp3) is 0.333. The first-order chi connectivity index (χ1) is 12.1. The second-order valence-corrected chi connectivity index (χ2v) is 7.55. The van der Waals surface area contributed by atoms with E-state index in [0.717, 1.165) is 0 Å². The fourth-order valence-electron chi connectivity index (χ4n) is 2.81. The zero-order valence-corrected chi connectivity index (χ0v) is 14.0. The number of fused-ring (bicyclic) bond motifs is 1. The maximum Gasteiger partial charge on any atom is 0.316 e. The Morgan fingerprint density at radius 1 is 1.08 bits per heavy atom. The Morgan fingerprint density at radius 2 is 1.84 bits per heavy atom. The van der Waals surface area contributed by atoms with Crippen molar-refractivity contribution in [3.8, 4) is 6.01 Å². The molecule has 0 unspecified atom stereocenters. The molecule has 1 saturated heterocycles. The summed E-state index contributed by atoms with van der Waals surface area (Å²) in [5, 5.41) is 7.41. The molecule has 1 aliphatic heterocycles. The van der Waals surface area contributed by atoms with Crippen molar-refractivity contribution in [2.24, 2.45) is 0 Å². The standard InChI is InChI=1S/C15H15N5O4S/c21-25(22,13-4-1-3-12-14(13)19-24-18-12)20-9-5-11(6-10-20)23-15-16-7-2-8-17-15/h1-4,7-8,11H,5-6,9-10H2. The molecular weight excluding hydrogens is 346 g/mol. The molecule has 0 amide bonds. The summed E-state index contributed by atoms with van der Waals surface area (Å²) >= 11 is 0. The summed E-state index contributed by atoms with van der Waals surface area (Å²) in [4.78, 5) is 8.16. The van der Waals surface area contributed by atoms with E-state index >= 15 is 0 Å². The summed E-state index contributed by atoms with van der Waals surface area (Å²) in [6, 6.07) is 6.82. The van der Waals surface area contributed by atoms with Crippen molar-refractivity contribution in [2.45, 2.75) is 23.8 Å². The van der Waals surface area contributed by atoms with Crippen molar-refractivity contribution in [2.75, 3.05) is 13.1 Å². The molecule has 1 aliphatic rings. The molecule has 0 N–H and O–H groups in total. The summed E-state index contributed by atoms with van der Waals surface area (Å²) in [6.45, 7) is 0.697. The number of hydrogen-bond donors (Lipinski definition) is 0. The molecule has 0 atom stereocenters. The van der Waals surface area contributed by atoms with Crippen molar-refractivity contribution in [3.63, 3.8) is 0 Å². The predicted molar refractivity (Wildman–Crippen MR) is 86.2 cm³/mol. The smallest absolute Gasteiger partial charge is 0.316 e. The number of hydrogen-bond acceptors (Lipinski definition) is 8. The van der Waals surface area contributed by atoms with Gasteiger partial charge in [0.15, 0.2) is 5.52 Å². The average Bonchev–Trinajstić information content (AvgIpc) is 3.11. The molecule has 2 aromatic heterocycles. The van der Waals surface area contributed by atoms with E-state index in [1.54, 1.807) is 30.6 Å². The van der Waals surface area contributed by atoms with Crippen LogP contribution in [0.2, 0.25) is 0 Å². The Labute approximate surface area is 143 Å². The molecule has 4 rings (SSSR count). The molecule has 1 fully saturated rings. The van der Waals surface area contributed by atoms with Crippen LogP contribution in [0.4, 0.5) is 0 Å². The maximum absolute atomic E-state index is 12.9. The van der Waals surface area contributed by atoms with Gasteiger partial charge in [-0.1, -0.05) is 6.07 Å². The third-order valence-corrected chi connectivity index (χ3v) is 6.01. The molecule has 0 radical (unpaired) electrons. The minimum atomic E-state index is -3.67. The lowest BCUT2D eigenvalue weighted by Crippen LogP contribution is -2.41. The highest BCUT2D eigenvalue weighted by molar-refractivity contribution is 7.89. The van der Waals surface area contributed by atoms with E-state index in [4.69, 9.17) is 4.74 Å². The van der Waals surface area contributed by atoms with Gasteiger partial charge in [-0.05, 0) is 41.4 Å². The highest BCUT2D eigenvalue weighted by atomic mass is 32.2. The first kappa shape index (κ1) is 15.9. The molecule has 10 heteroatoms. The molecule has 1 aromatic carbocycles. The van der Waals surface area contributed by atoms with Crippen LogP contribution in [0.3, 0.4) is 0 Å². The summed E-state index contributed by atoms with van der Waals surface area (Å²) in [6.07, 6.45) is 4.22. The van der Waals surface area contributed by atoms with E-state index in [1.807, 2.05) is 0 Å². The number of rotatable bonds is 4. The van der Waals surface area contributed by atoms with Crippen LogP contribution in [-0.2, 0) is 10.0 Å². The first-order valence-electron chi connectivity index (χ1n) is 7.80. The Hall–Kier alpha value is -2.59. The Bertz CT molecular complexity index is 968. The van der Waals surface area contributed by atoms with Crippen LogP contribution in [0.1, 0.15) is 12.8 Å². The van der Waals surface area contributed by atoms with Crippen molar-refractivity contribution in [1.29, 1.82) is 0 Å². The van der Waals surface area contributed by atoms with Gasteiger partial charge in [0.25, 0.3) is 0 Å². The van der Waals surface area contributed by atoms with Crippen molar-refractivity contribution < 1.29 is 17.8 Å². The number of benzene rings is 1. The SMILES string of the molecule is O=S(=O)(c1cccc2nonc12)N1CCC(Oc2ncccn2)CC1. The van der Waals surface area contributed by atoms with Gasteiger partial charge in [-0.15, -0.1) is 0 Å². The van der Waals surface area contributed by atoms with Gasteiger partial charge in [-0.2, -0.15) is 4.31 Å². The summed E-state index contributed by atoms with van der Waals surface area (Å²) < 4.78 is 37.6. The number of nitrogens with zero attached hydrogens (tertiary/aromatic N) is 5. The highest BCUT2D eigenvalue weighted by Crippen LogP contribution is 2.26. The van der Waals surface area contributed by atoms with Crippen LogP contribution in [-0.4, -0.2) is 52.2 Å². The summed E-state index contributed by atoms with van der Waals surface area (Å²) in [7, 11) is -3.67. The zero-order chi connectivity index (χ0) is 17.3. The third-order valence-electron chi connectivity index (χ3n) is 4.08. The molecule has 0 bridgehead atoms. The molecule has 9 nitrogen and oxygen atoms in total. The van der Waals surface area contributed by atoms with Gasteiger partial charge < -0.3 is 4.74 Å². The van der Waals surface area contributed by atoms with Gasteiger partial charge >= 0.3 is 6.01 Å². The zero-order valence-electron chi connectivity index (χ0n) is 13.1. The lowest BCUT2D eigenvalue weighted by Gasteiger charge is -2.30. The number of aromatic nitrogens is 4. The summed E-state index contributed by atoms with van der Waals surface area (Å²) in [5.41, 5.74) is 0.666. The van der Waals surface area contributed by atoms with Crippen LogP contribution in [0, 0.1) is 0 Å². The topological polar surface area (TPSA) is 111 Å². The second kappa shape index (κ2) is 6.37. The molecule has 3 heterocycles. The lowest BCUT2D eigenvalue weighted by atomic mass is 10.1. The number of sulfonamides is 1. The molecule has 3 aromatic rings. The van der Waals surface area contributed by atoms with Gasteiger partial charge in [-0.3, -0.25) is 0 Å². The highest BCUT2D eigenvalue weighted by Gasteiger charge is 2.32. The monoisotopic (exact) mass is 361 g/mol. The number of piperidine rings is 1. The molecular formula is C15H15N5O4S. The fourth-order valence-corrected chi connectivity index (χ4v) is 4.42. The molecule has 130 valence electrons. The molecule has 0 aliphatic carbocycles. The Morgan fingerprint density at radius 3 is 2.60 bits per heavy atom. The van der Waals surface area contributed by atoms with E-state index in [1.165, 1.54) is 10.4 Å². The average molecular weight is 361 g/mol. The molecule has 0 saturated carbocycles. The van der Waals surface area contributed by atoms with E-state index in [9.17, 15) is 8.42 Å². The van der Waals surface area contributed by atoms with E-state index in [0.29, 0.717) is 37.5 Å². The van der Waals surface area contributed by atoms with Crippen LogP contribution < -0.4 is 4.74 Å². The van der Waals surface area contributed by atoms with Crippen LogP contribution in [0.25, 0.3) is 11.0 Å². The van der Waals surface area contributed by atoms with Crippen molar-refractivity contribution in [3.05, 3.63) is 36.7 Å². The van der Waals surface area contributed by atoms with E-state index < -0.39 is 10.0 Å². The van der Waals surface area contributed by atoms with Crippen LogP contribution in [0.15, 0.2) is 46.2 Å². The third kappa shape index (κ3) is 3.05. The Balaban J connectivity index is 1.49. The van der Waals surface area contributed by atoms with Crippen molar-refractivity contribution in [1.82, 2.24) is 24.6 Å². The lowest BCUT2D eigenvalue weighted by molar-refractivity contribution is 0.124. The van der Waals surface area contributed by atoms with Gasteiger partial charge in [0, 0.05) is 25.5 Å². The minimum Gasteiger partial charge on any atom is -0.460 e. The largest absolute Gasteiger partial charge is 0.460 e. The van der Waals surface area contributed by atoms with Gasteiger partial charge in [0.1, 0.15) is 16.5 Å². The second-order valence-electron chi connectivity index (χ2n) is 5.64. The van der Waals surface area contributed by atoms with Gasteiger partial charge in [0.05, 0.1) is 0 Å². The van der Waals surface area contributed by atoms with Gasteiger partial charge in [0.2, 0.25) is 10.0 Å². The minimum absolute atomic E-state index is 0.108. The van der Waals surface area contributed by atoms with Crippen LogP contribution >= 0.6 is 0 Å². The van der Waals surface area contributed by atoms with E-state index in [-0.39, 0.29) is 16.5 Å². The van der Waals surface area contributed by atoms with E-state index in [2.05, 4.69) is 24.9 Å². The van der Waals surface area contributed by atoms with Crippen LogP contribution in [0.5, 0.6) is 6.01 Å².